The molecule has 4 heteroatoms. The Morgan fingerprint density at radius 3 is 2.09 bits per heavy atom. The molecule has 0 aliphatic heterocycles. The molecule has 0 aliphatic carbocycles. The van der Waals surface area contributed by atoms with Crippen LogP contribution < -0.4 is 0 Å². The first kappa shape index (κ1) is 25.9. The number of hydrogen-bond acceptors (Lipinski definition) is 4. The van der Waals surface area contributed by atoms with E-state index >= 15 is 0 Å². The van der Waals surface area contributed by atoms with E-state index in [1.165, 1.54) is 83.5 Å². The van der Waals surface area contributed by atoms with Gasteiger partial charge in [0.2, 0.25) is 0 Å². The lowest BCUT2D eigenvalue weighted by molar-refractivity contribution is 0.586. The van der Waals surface area contributed by atoms with Gasteiger partial charge in [0, 0.05) is 19.6 Å². The van der Waals surface area contributed by atoms with Crippen LogP contribution in [-0.4, -0.2) is 5.75 Å². The van der Waals surface area contributed by atoms with Crippen molar-refractivity contribution in [3.8, 4) is 11.1 Å². The maximum absolute atomic E-state index is 4.87. The maximum atomic E-state index is 4.87. The van der Waals surface area contributed by atoms with E-state index in [2.05, 4.69) is 74.1 Å². The SMILES string of the molecule is CCCCCCCCCCSc1cc(S)c2cc(-c3ccc4c(S)cccc4c3)cc(S)c2c1. The van der Waals surface area contributed by atoms with Crippen molar-refractivity contribution in [2.45, 2.75) is 77.9 Å². The Kier molecular flexibility index (Phi) is 9.64. The molecule has 0 heterocycles. The molecule has 0 fully saturated rings. The predicted octanol–water partition coefficient (Wildman–Crippen LogP) is 10.8. The van der Waals surface area contributed by atoms with Gasteiger partial charge in [-0.05, 0) is 81.2 Å². The van der Waals surface area contributed by atoms with E-state index < -0.39 is 0 Å². The van der Waals surface area contributed by atoms with Gasteiger partial charge < -0.3 is 0 Å². The monoisotopic (exact) mass is 522 g/mol. The van der Waals surface area contributed by atoms with Crippen molar-refractivity contribution >= 4 is 71.2 Å². The lowest BCUT2D eigenvalue weighted by atomic mass is 9.98. The highest BCUT2D eigenvalue weighted by atomic mass is 32.2. The van der Waals surface area contributed by atoms with Gasteiger partial charge in [0.1, 0.15) is 0 Å². The molecule has 4 aromatic rings. The summed E-state index contributed by atoms with van der Waals surface area (Å²) in [6, 6.07) is 21.7. The van der Waals surface area contributed by atoms with Gasteiger partial charge in [-0.15, -0.1) is 49.6 Å². The predicted molar refractivity (Wildman–Crippen MR) is 162 cm³/mol. The van der Waals surface area contributed by atoms with Crippen LogP contribution in [0.1, 0.15) is 58.3 Å². The minimum Gasteiger partial charge on any atom is -0.143 e. The quantitative estimate of drug-likeness (QED) is 0.1000. The summed E-state index contributed by atoms with van der Waals surface area (Å²) in [6.45, 7) is 2.28. The van der Waals surface area contributed by atoms with E-state index in [9.17, 15) is 0 Å². The van der Waals surface area contributed by atoms with Crippen LogP contribution >= 0.6 is 49.6 Å². The molecule has 4 aromatic carbocycles. The number of thiol groups is 3. The Hall–Kier alpha value is -1.20. The number of fused-ring (bicyclic) bond motifs is 2. The summed E-state index contributed by atoms with van der Waals surface area (Å²) < 4.78 is 0. The molecule has 0 nitrogen and oxygen atoms in total. The summed E-state index contributed by atoms with van der Waals surface area (Å²) >= 11 is 16.3. The minimum atomic E-state index is 1.00. The molecule has 0 bridgehead atoms. The number of rotatable bonds is 11. The number of thioether (sulfide) groups is 1. The van der Waals surface area contributed by atoms with Crippen molar-refractivity contribution in [2.75, 3.05) is 5.75 Å². The van der Waals surface area contributed by atoms with E-state index in [0.29, 0.717) is 0 Å². The lowest BCUT2D eigenvalue weighted by Gasteiger charge is -2.12. The van der Waals surface area contributed by atoms with Crippen molar-refractivity contribution in [1.82, 2.24) is 0 Å². The first-order chi connectivity index (χ1) is 16.6. The van der Waals surface area contributed by atoms with Crippen LogP contribution in [0, 0.1) is 0 Å². The second kappa shape index (κ2) is 12.7. The Bertz CT molecular complexity index is 1260. The fraction of sp³-hybridized carbons (Fsp3) is 0.333. The molecule has 0 amide bonds. The van der Waals surface area contributed by atoms with Gasteiger partial charge in [-0.2, -0.15) is 0 Å². The van der Waals surface area contributed by atoms with Crippen LogP contribution in [0.15, 0.2) is 80.2 Å². The summed E-state index contributed by atoms with van der Waals surface area (Å²) in [5.41, 5.74) is 2.35. The first-order valence-corrected chi connectivity index (χ1v) is 14.7. The van der Waals surface area contributed by atoms with Crippen LogP contribution in [0.5, 0.6) is 0 Å². The van der Waals surface area contributed by atoms with Crippen LogP contribution in [0.2, 0.25) is 0 Å². The molecule has 178 valence electrons. The van der Waals surface area contributed by atoms with E-state index in [1.54, 1.807) is 0 Å². The molecule has 0 N–H and O–H groups in total. The molecular weight excluding hydrogens is 489 g/mol. The molecule has 0 aliphatic rings. The summed E-state index contributed by atoms with van der Waals surface area (Å²) in [6.07, 6.45) is 10.9. The third kappa shape index (κ3) is 6.51. The molecule has 0 saturated heterocycles. The molecule has 0 saturated carbocycles. The van der Waals surface area contributed by atoms with Crippen molar-refractivity contribution in [2.24, 2.45) is 0 Å². The third-order valence-corrected chi connectivity index (χ3v) is 8.65. The fourth-order valence-corrected chi connectivity index (χ4v) is 6.53. The molecule has 0 unspecified atom stereocenters. The molecular formula is C30H34S4. The number of hydrogen-bond donors (Lipinski definition) is 3. The number of unbranched alkanes of at least 4 members (excludes halogenated alkanes) is 7. The van der Waals surface area contributed by atoms with Crippen molar-refractivity contribution in [3.05, 3.63) is 60.7 Å². The van der Waals surface area contributed by atoms with Gasteiger partial charge in [-0.3, -0.25) is 0 Å². The molecule has 0 spiro atoms. The van der Waals surface area contributed by atoms with Gasteiger partial charge in [-0.1, -0.05) is 76.1 Å². The van der Waals surface area contributed by atoms with Gasteiger partial charge in [0.25, 0.3) is 0 Å². The zero-order chi connectivity index (χ0) is 23.9. The normalized spacial score (nSPS) is 11.5. The minimum absolute atomic E-state index is 1.00. The Balaban J connectivity index is 1.45. The summed E-state index contributed by atoms with van der Waals surface area (Å²) in [5, 5.41) is 4.71. The van der Waals surface area contributed by atoms with Crippen molar-refractivity contribution in [1.29, 1.82) is 0 Å². The molecule has 0 aromatic heterocycles. The van der Waals surface area contributed by atoms with Crippen LogP contribution in [0.3, 0.4) is 0 Å². The first-order valence-electron chi connectivity index (χ1n) is 12.4. The summed E-state index contributed by atoms with van der Waals surface area (Å²) in [5.74, 6) is 1.16. The zero-order valence-electron chi connectivity index (χ0n) is 19.9. The average Bonchev–Trinajstić information content (AvgIpc) is 2.83. The van der Waals surface area contributed by atoms with Crippen molar-refractivity contribution < 1.29 is 0 Å². The topological polar surface area (TPSA) is 0 Å². The molecule has 34 heavy (non-hydrogen) atoms. The Morgan fingerprint density at radius 1 is 0.588 bits per heavy atom. The molecule has 0 atom stereocenters. The highest BCUT2D eigenvalue weighted by Crippen LogP contribution is 2.37. The summed E-state index contributed by atoms with van der Waals surface area (Å²) in [4.78, 5) is 4.31. The van der Waals surface area contributed by atoms with Gasteiger partial charge >= 0.3 is 0 Å². The standard InChI is InChI=1S/C30H34S4/c1-2-3-4-5-6-7-8-9-15-34-24-19-27-26(30(33)20-24)17-23(18-29(27)32)21-13-14-25-22(16-21)11-10-12-28(25)31/h10-14,16-20,31-33H,2-9,15H2,1H3. The van der Waals surface area contributed by atoms with E-state index in [4.69, 9.17) is 25.3 Å². The Morgan fingerprint density at radius 2 is 1.29 bits per heavy atom. The highest BCUT2D eigenvalue weighted by Gasteiger charge is 2.10. The van der Waals surface area contributed by atoms with Crippen molar-refractivity contribution in [3.63, 3.8) is 0 Å². The van der Waals surface area contributed by atoms with Gasteiger partial charge in [0.15, 0.2) is 0 Å². The van der Waals surface area contributed by atoms with Gasteiger partial charge in [0.05, 0.1) is 0 Å². The fourth-order valence-electron chi connectivity index (χ4n) is 4.52. The largest absolute Gasteiger partial charge is 0.143 e. The van der Waals surface area contributed by atoms with Crippen LogP contribution in [0.25, 0.3) is 32.7 Å². The number of benzene rings is 4. The maximum Gasteiger partial charge on any atom is 0.0130 e. The van der Waals surface area contributed by atoms with Gasteiger partial charge in [-0.25, -0.2) is 0 Å². The molecule has 0 radical (unpaired) electrons. The zero-order valence-corrected chi connectivity index (χ0v) is 23.4. The van der Waals surface area contributed by atoms with E-state index in [1.807, 2.05) is 17.8 Å². The second-order valence-corrected chi connectivity index (χ2v) is 11.7. The Labute approximate surface area is 225 Å². The van der Waals surface area contributed by atoms with E-state index in [-0.39, 0.29) is 0 Å². The average molecular weight is 523 g/mol. The molecule has 4 rings (SSSR count). The third-order valence-electron chi connectivity index (χ3n) is 6.46. The van der Waals surface area contributed by atoms with E-state index in [0.717, 1.165) is 25.8 Å². The lowest BCUT2D eigenvalue weighted by Crippen LogP contribution is -1.87. The van der Waals surface area contributed by atoms with Crippen LogP contribution in [-0.2, 0) is 0 Å². The smallest absolute Gasteiger partial charge is 0.0130 e. The summed E-state index contributed by atoms with van der Waals surface area (Å²) in [7, 11) is 0. The highest BCUT2D eigenvalue weighted by molar-refractivity contribution is 7.99. The second-order valence-electron chi connectivity index (χ2n) is 9.07. The van der Waals surface area contributed by atoms with Crippen LogP contribution in [0.4, 0.5) is 0 Å².